The highest BCUT2D eigenvalue weighted by atomic mass is 16.5. The van der Waals surface area contributed by atoms with E-state index in [4.69, 9.17) is 9.47 Å². The molecule has 2 aromatic carbocycles. The highest BCUT2D eigenvalue weighted by Crippen LogP contribution is 2.33. The van der Waals surface area contributed by atoms with Crippen LogP contribution in [0.15, 0.2) is 42.5 Å². The summed E-state index contributed by atoms with van der Waals surface area (Å²) < 4.78 is 11.3. The molecule has 28 heavy (non-hydrogen) atoms. The first-order valence-corrected chi connectivity index (χ1v) is 9.33. The van der Waals surface area contributed by atoms with Crippen molar-refractivity contribution in [2.75, 3.05) is 13.2 Å². The van der Waals surface area contributed by atoms with E-state index in [9.17, 15) is 19.8 Å². The van der Waals surface area contributed by atoms with Crippen LogP contribution in [0.5, 0.6) is 11.5 Å². The van der Waals surface area contributed by atoms with Crippen molar-refractivity contribution < 1.29 is 29.3 Å². The Hall–Kier alpha value is -2.86. The number of ether oxygens (including phenoxy) is 2. The number of aromatic hydroxyl groups is 1. The minimum absolute atomic E-state index is 0.0295. The summed E-state index contributed by atoms with van der Waals surface area (Å²) in [7, 11) is 0. The lowest BCUT2D eigenvalue weighted by molar-refractivity contribution is -0.151. The molecule has 0 spiro atoms. The number of benzene rings is 2. The molecule has 150 valence electrons. The third kappa shape index (κ3) is 5.57. The van der Waals surface area contributed by atoms with Crippen LogP contribution in [0.1, 0.15) is 54.3 Å². The highest BCUT2D eigenvalue weighted by Gasteiger charge is 2.20. The van der Waals surface area contributed by atoms with Gasteiger partial charge in [0.2, 0.25) is 0 Å². The zero-order valence-electron chi connectivity index (χ0n) is 16.2. The van der Waals surface area contributed by atoms with Gasteiger partial charge in [0.05, 0.1) is 18.8 Å². The molecule has 2 rings (SSSR count). The maximum absolute atomic E-state index is 11.6. The van der Waals surface area contributed by atoms with Crippen LogP contribution in [0.2, 0.25) is 0 Å². The topological polar surface area (TPSA) is 93.1 Å². The Kier molecular flexibility index (Phi) is 8.02. The number of carboxylic acid groups (broad SMARTS) is 1. The molecule has 0 bridgehead atoms. The van der Waals surface area contributed by atoms with Crippen molar-refractivity contribution >= 4 is 11.8 Å². The molecule has 0 radical (unpaired) electrons. The predicted octanol–water partition coefficient (Wildman–Crippen LogP) is 4.16. The van der Waals surface area contributed by atoms with Crippen molar-refractivity contribution in [2.45, 2.75) is 39.2 Å². The van der Waals surface area contributed by atoms with Gasteiger partial charge in [-0.05, 0) is 31.0 Å². The molecule has 2 aromatic rings. The Morgan fingerprint density at radius 3 is 2.39 bits per heavy atom. The normalized spacial score (nSPS) is 11.8. The van der Waals surface area contributed by atoms with E-state index in [1.54, 1.807) is 36.4 Å². The molecule has 6 heteroatoms. The summed E-state index contributed by atoms with van der Waals surface area (Å²) >= 11 is 0. The van der Waals surface area contributed by atoms with Crippen molar-refractivity contribution in [3.05, 3.63) is 59.2 Å². The minimum atomic E-state index is -1.04. The van der Waals surface area contributed by atoms with E-state index in [1.807, 2.05) is 13.0 Å². The number of carboxylic acids is 1. The van der Waals surface area contributed by atoms with E-state index in [0.717, 1.165) is 6.42 Å². The van der Waals surface area contributed by atoms with Crippen LogP contribution in [-0.4, -0.2) is 35.2 Å². The molecule has 0 fully saturated rings. The van der Waals surface area contributed by atoms with Crippen molar-refractivity contribution in [3.8, 4) is 11.5 Å². The lowest BCUT2D eigenvalue weighted by Gasteiger charge is -2.16. The Morgan fingerprint density at radius 1 is 1.07 bits per heavy atom. The monoisotopic (exact) mass is 386 g/mol. The standard InChI is InChI=1S/C22H26O6/c1-3-8-18-19(12-11-17(15(2)23)20(18)24)27-13-7-14-28-21(22(25)26)16-9-5-4-6-10-16/h4-6,9-12,21,24H,3,7-8,13-14H2,1-2H3,(H,25,26). The number of Topliss-reactive ketones (excluding diaryl/α,β-unsaturated/α-hetero) is 1. The maximum atomic E-state index is 11.6. The van der Waals surface area contributed by atoms with Crippen molar-refractivity contribution in [1.29, 1.82) is 0 Å². The Morgan fingerprint density at radius 2 is 1.79 bits per heavy atom. The quantitative estimate of drug-likeness (QED) is 0.445. The third-order valence-electron chi connectivity index (χ3n) is 4.28. The number of ketones is 1. The minimum Gasteiger partial charge on any atom is -0.507 e. The second kappa shape index (κ2) is 10.5. The SMILES string of the molecule is CCCc1c(OCCCOC(C(=O)O)c2ccccc2)ccc(C(C)=O)c1O. The Balaban J connectivity index is 1.93. The molecule has 0 aromatic heterocycles. The van der Waals surface area contributed by atoms with Crippen LogP contribution in [-0.2, 0) is 16.0 Å². The fraction of sp³-hybridized carbons (Fsp3) is 0.364. The zero-order valence-corrected chi connectivity index (χ0v) is 16.2. The van der Waals surface area contributed by atoms with Crippen molar-refractivity contribution in [3.63, 3.8) is 0 Å². The number of carbonyl (C=O) groups is 2. The van der Waals surface area contributed by atoms with Gasteiger partial charge in [-0.3, -0.25) is 4.79 Å². The Bertz CT molecular complexity index is 800. The predicted molar refractivity (Wildman–Crippen MR) is 105 cm³/mol. The van der Waals surface area contributed by atoms with Gasteiger partial charge in [-0.2, -0.15) is 0 Å². The number of carbonyl (C=O) groups excluding carboxylic acids is 1. The smallest absolute Gasteiger partial charge is 0.337 e. The zero-order chi connectivity index (χ0) is 20.5. The number of hydrogen-bond donors (Lipinski definition) is 2. The molecular weight excluding hydrogens is 360 g/mol. The fourth-order valence-corrected chi connectivity index (χ4v) is 2.91. The maximum Gasteiger partial charge on any atom is 0.337 e. The number of phenols is 1. The highest BCUT2D eigenvalue weighted by molar-refractivity contribution is 5.97. The van der Waals surface area contributed by atoms with Gasteiger partial charge in [-0.15, -0.1) is 0 Å². The molecule has 0 aliphatic rings. The van der Waals surface area contributed by atoms with Gasteiger partial charge in [-0.1, -0.05) is 43.7 Å². The second-order valence-electron chi connectivity index (χ2n) is 6.45. The molecule has 1 atom stereocenters. The molecular formula is C22H26O6. The molecule has 0 amide bonds. The first-order valence-electron chi connectivity index (χ1n) is 9.33. The lowest BCUT2D eigenvalue weighted by atomic mass is 10.0. The summed E-state index contributed by atoms with van der Waals surface area (Å²) in [5.74, 6) is -0.738. The van der Waals surface area contributed by atoms with E-state index >= 15 is 0 Å². The van der Waals surface area contributed by atoms with Gasteiger partial charge in [0.15, 0.2) is 11.9 Å². The van der Waals surface area contributed by atoms with Crippen LogP contribution in [0.3, 0.4) is 0 Å². The van der Waals surface area contributed by atoms with Gasteiger partial charge < -0.3 is 19.7 Å². The summed E-state index contributed by atoms with van der Waals surface area (Å²) in [4.78, 5) is 23.0. The summed E-state index contributed by atoms with van der Waals surface area (Å²) in [6.45, 7) is 3.91. The van der Waals surface area contributed by atoms with Crippen LogP contribution < -0.4 is 4.74 Å². The van der Waals surface area contributed by atoms with Crippen LogP contribution in [0, 0.1) is 0 Å². The van der Waals surface area contributed by atoms with E-state index in [0.29, 0.717) is 36.3 Å². The van der Waals surface area contributed by atoms with Crippen molar-refractivity contribution in [1.82, 2.24) is 0 Å². The molecule has 0 aliphatic carbocycles. The number of aliphatic carboxylic acids is 1. The average molecular weight is 386 g/mol. The summed E-state index contributed by atoms with van der Waals surface area (Å²) in [5.41, 5.74) is 1.49. The first kappa shape index (κ1) is 21.4. The average Bonchev–Trinajstić information content (AvgIpc) is 2.67. The van der Waals surface area contributed by atoms with E-state index < -0.39 is 12.1 Å². The van der Waals surface area contributed by atoms with Crippen LogP contribution >= 0.6 is 0 Å². The molecule has 6 nitrogen and oxygen atoms in total. The van der Waals surface area contributed by atoms with E-state index in [1.165, 1.54) is 6.92 Å². The van der Waals surface area contributed by atoms with Crippen molar-refractivity contribution in [2.24, 2.45) is 0 Å². The molecule has 0 aliphatic heterocycles. The summed E-state index contributed by atoms with van der Waals surface area (Å²) in [6, 6.07) is 12.0. The van der Waals surface area contributed by atoms with E-state index in [2.05, 4.69) is 0 Å². The fourth-order valence-electron chi connectivity index (χ4n) is 2.91. The molecule has 2 N–H and O–H groups in total. The summed E-state index contributed by atoms with van der Waals surface area (Å²) in [6.07, 6.45) is 0.854. The Labute approximate surface area is 164 Å². The first-order chi connectivity index (χ1) is 13.5. The molecule has 0 saturated heterocycles. The van der Waals surface area contributed by atoms with E-state index in [-0.39, 0.29) is 23.7 Å². The van der Waals surface area contributed by atoms with Gasteiger partial charge >= 0.3 is 5.97 Å². The van der Waals surface area contributed by atoms with Crippen LogP contribution in [0.4, 0.5) is 0 Å². The second-order valence-corrected chi connectivity index (χ2v) is 6.45. The van der Waals surface area contributed by atoms with Crippen LogP contribution in [0.25, 0.3) is 0 Å². The number of phenolic OH excluding ortho intramolecular Hbond substituents is 1. The van der Waals surface area contributed by atoms with Gasteiger partial charge in [0, 0.05) is 12.0 Å². The molecule has 0 saturated carbocycles. The lowest BCUT2D eigenvalue weighted by Crippen LogP contribution is -2.17. The third-order valence-corrected chi connectivity index (χ3v) is 4.28. The molecule has 1 unspecified atom stereocenters. The van der Waals surface area contributed by atoms with Gasteiger partial charge in [-0.25, -0.2) is 4.79 Å². The molecule has 0 heterocycles. The summed E-state index contributed by atoms with van der Waals surface area (Å²) in [5, 5.41) is 19.7. The van der Waals surface area contributed by atoms with Gasteiger partial charge in [0.25, 0.3) is 0 Å². The number of rotatable bonds is 11. The largest absolute Gasteiger partial charge is 0.507 e. The number of hydrogen-bond acceptors (Lipinski definition) is 5. The van der Waals surface area contributed by atoms with Gasteiger partial charge in [0.1, 0.15) is 11.5 Å².